The van der Waals surface area contributed by atoms with Gasteiger partial charge in [-0.3, -0.25) is 0 Å². The first-order chi connectivity index (χ1) is 9.79. The summed E-state index contributed by atoms with van der Waals surface area (Å²) >= 11 is 0. The molecule has 0 saturated heterocycles. The van der Waals surface area contributed by atoms with Gasteiger partial charge in [0, 0.05) is 18.0 Å². The van der Waals surface area contributed by atoms with Gasteiger partial charge in [0.25, 0.3) is 5.88 Å². The second-order valence-corrected chi connectivity index (χ2v) is 5.87. The molecular weight excluding hydrogens is 268 g/mol. The topological polar surface area (TPSA) is 72.3 Å². The zero-order chi connectivity index (χ0) is 15.6. The van der Waals surface area contributed by atoms with Crippen LogP contribution in [0.4, 0.5) is 0 Å². The van der Waals surface area contributed by atoms with Crippen molar-refractivity contribution < 1.29 is 14.6 Å². The number of ether oxygens (including phenoxy) is 1. The predicted molar refractivity (Wildman–Crippen MR) is 78.9 cm³/mol. The monoisotopic (exact) mass is 286 g/mol. The van der Waals surface area contributed by atoms with Gasteiger partial charge in [0.1, 0.15) is 5.75 Å². The van der Waals surface area contributed by atoms with Crippen molar-refractivity contribution in [3.05, 3.63) is 47.4 Å². The lowest BCUT2D eigenvalue weighted by molar-refractivity contribution is 0.0686. The van der Waals surface area contributed by atoms with Crippen LogP contribution in [0.3, 0.4) is 0 Å². The van der Waals surface area contributed by atoms with Crippen LogP contribution in [0.15, 0.2) is 30.6 Å². The highest BCUT2D eigenvalue weighted by Crippen LogP contribution is 2.34. The molecule has 0 bridgehead atoms. The van der Waals surface area contributed by atoms with E-state index in [0.717, 1.165) is 11.1 Å². The molecule has 5 heteroatoms. The average molecular weight is 286 g/mol. The van der Waals surface area contributed by atoms with Gasteiger partial charge in [0.15, 0.2) is 0 Å². The second kappa shape index (κ2) is 5.52. The molecule has 0 aliphatic heterocycles. The van der Waals surface area contributed by atoms with Gasteiger partial charge < -0.3 is 9.84 Å². The number of carboxylic acids is 1. The fourth-order valence-corrected chi connectivity index (χ4v) is 1.98. The summed E-state index contributed by atoms with van der Waals surface area (Å²) in [5.41, 5.74) is 1.68. The molecule has 110 valence electrons. The Bertz CT molecular complexity index is 675. The minimum atomic E-state index is -1.16. The molecule has 0 aliphatic rings. The Hall–Kier alpha value is -2.43. The zero-order valence-corrected chi connectivity index (χ0v) is 12.5. The maximum Gasteiger partial charge on any atom is 0.360 e. The van der Waals surface area contributed by atoms with E-state index in [2.05, 4.69) is 30.7 Å². The Morgan fingerprint density at radius 3 is 2.48 bits per heavy atom. The lowest BCUT2D eigenvalue weighted by atomic mass is 9.86. The Morgan fingerprint density at radius 2 is 1.86 bits per heavy atom. The SMILES string of the molecule is Cc1ccc(C(C)(C)C)c(Oc2nccnc2C(=O)O)c1. The van der Waals surface area contributed by atoms with Crippen LogP contribution in [-0.4, -0.2) is 21.0 Å². The van der Waals surface area contributed by atoms with E-state index in [1.165, 1.54) is 12.4 Å². The zero-order valence-electron chi connectivity index (χ0n) is 12.5. The molecule has 2 rings (SSSR count). The molecule has 0 amide bonds. The van der Waals surface area contributed by atoms with Gasteiger partial charge in [-0.05, 0) is 24.0 Å². The molecule has 0 aliphatic carbocycles. The Kier molecular flexibility index (Phi) is 3.93. The summed E-state index contributed by atoms with van der Waals surface area (Å²) in [6.07, 6.45) is 2.74. The van der Waals surface area contributed by atoms with E-state index in [1.54, 1.807) is 0 Å². The van der Waals surface area contributed by atoms with Crippen LogP contribution in [0.25, 0.3) is 0 Å². The fourth-order valence-electron chi connectivity index (χ4n) is 1.98. The van der Waals surface area contributed by atoms with Crippen LogP contribution < -0.4 is 4.74 Å². The van der Waals surface area contributed by atoms with E-state index in [0.29, 0.717) is 5.75 Å². The summed E-state index contributed by atoms with van der Waals surface area (Å²) in [6.45, 7) is 8.16. The van der Waals surface area contributed by atoms with Crippen molar-refractivity contribution in [3.8, 4) is 11.6 Å². The standard InChI is InChI=1S/C16H18N2O3/c1-10-5-6-11(16(2,3)4)12(9-10)21-14-13(15(19)20)17-7-8-18-14/h5-9H,1-4H3,(H,19,20). The van der Waals surface area contributed by atoms with E-state index in [9.17, 15) is 4.79 Å². The minimum absolute atomic E-state index is 0.00102. The van der Waals surface area contributed by atoms with E-state index in [4.69, 9.17) is 9.84 Å². The van der Waals surface area contributed by atoms with Gasteiger partial charge in [-0.25, -0.2) is 14.8 Å². The molecule has 0 fully saturated rings. The van der Waals surface area contributed by atoms with Crippen LogP contribution in [0.2, 0.25) is 0 Å². The number of hydrogen-bond acceptors (Lipinski definition) is 4. The van der Waals surface area contributed by atoms with Gasteiger partial charge in [-0.2, -0.15) is 0 Å². The van der Waals surface area contributed by atoms with Crippen LogP contribution in [0.1, 0.15) is 42.4 Å². The number of carbonyl (C=O) groups is 1. The Labute approximate surface area is 123 Å². The van der Waals surface area contributed by atoms with Crippen LogP contribution in [0, 0.1) is 6.92 Å². The van der Waals surface area contributed by atoms with E-state index in [1.807, 2.05) is 25.1 Å². The van der Waals surface area contributed by atoms with Crippen molar-refractivity contribution in [1.82, 2.24) is 9.97 Å². The maximum atomic E-state index is 11.2. The third kappa shape index (κ3) is 3.37. The first-order valence-electron chi connectivity index (χ1n) is 6.62. The number of nitrogens with zero attached hydrogens (tertiary/aromatic N) is 2. The fraction of sp³-hybridized carbons (Fsp3) is 0.312. The van der Waals surface area contributed by atoms with Crippen LogP contribution in [-0.2, 0) is 5.41 Å². The molecular formula is C16H18N2O3. The smallest absolute Gasteiger partial charge is 0.360 e. The highest BCUT2D eigenvalue weighted by molar-refractivity contribution is 5.87. The summed E-state index contributed by atoms with van der Waals surface area (Å²) in [7, 11) is 0. The summed E-state index contributed by atoms with van der Waals surface area (Å²) < 4.78 is 5.75. The molecule has 1 N–H and O–H groups in total. The van der Waals surface area contributed by atoms with E-state index in [-0.39, 0.29) is 17.0 Å². The van der Waals surface area contributed by atoms with Gasteiger partial charge in [-0.1, -0.05) is 32.9 Å². The van der Waals surface area contributed by atoms with Gasteiger partial charge in [-0.15, -0.1) is 0 Å². The first kappa shape index (κ1) is 15.0. The quantitative estimate of drug-likeness (QED) is 0.933. The lowest BCUT2D eigenvalue weighted by Gasteiger charge is -2.23. The summed E-state index contributed by atoms with van der Waals surface area (Å²) in [5, 5.41) is 9.14. The number of carboxylic acid groups (broad SMARTS) is 1. The third-order valence-corrected chi connectivity index (χ3v) is 3.02. The first-order valence-corrected chi connectivity index (χ1v) is 6.62. The van der Waals surface area contributed by atoms with Gasteiger partial charge >= 0.3 is 5.97 Å². The van der Waals surface area contributed by atoms with Crippen molar-refractivity contribution in [2.24, 2.45) is 0 Å². The Balaban J connectivity index is 2.49. The van der Waals surface area contributed by atoms with Gasteiger partial charge in [0.05, 0.1) is 0 Å². The summed E-state index contributed by atoms with van der Waals surface area (Å²) in [6, 6.07) is 5.87. The number of hydrogen-bond donors (Lipinski definition) is 1. The van der Waals surface area contributed by atoms with E-state index < -0.39 is 5.97 Å². The minimum Gasteiger partial charge on any atom is -0.476 e. The summed E-state index contributed by atoms with van der Waals surface area (Å²) in [5.74, 6) is -0.560. The molecule has 0 unspecified atom stereocenters. The second-order valence-electron chi connectivity index (χ2n) is 5.87. The van der Waals surface area contributed by atoms with Crippen molar-refractivity contribution in [2.75, 3.05) is 0 Å². The molecule has 1 heterocycles. The average Bonchev–Trinajstić information content (AvgIpc) is 2.37. The number of aromatic carboxylic acids is 1. The van der Waals surface area contributed by atoms with Crippen molar-refractivity contribution in [3.63, 3.8) is 0 Å². The molecule has 0 radical (unpaired) electrons. The van der Waals surface area contributed by atoms with Crippen molar-refractivity contribution >= 4 is 5.97 Å². The predicted octanol–water partition coefficient (Wildman–Crippen LogP) is 3.57. The van der Waals surface area contributed by atoms with Crippen LogP contribution in [0.5, 0.6) is 11.6 Å². The molecule has 1 aromatic carbocycles. The van der Waals surface area contributed by atoms with Gasteiger partial charge in [0.2, 0.25) is 5.69 Å². The highest BCUT2D eigenvalue weighted by atomic mass is 16.5. The largest absolute Gasteiger partial charge is 0.476 e. The molecule has 2 aromatic rings. The lowest BCUT2D eigenvalue weighted by Crippen LogP contribution is -2.13. The van der Waals surface area contributed by atoms with Crippen LogP contribution >= 0.6 is 0 Å². The molecule has 5 nitrogen and oxygen atoms in total. The molecule has 0 atom stereocenters. The molecule has 21 heavy (non-hydrogen) atoms. The Morgan fingerprint density at radius 1 is 1.19 bits per heavy atom. The number of benzene rings is 1. The third-order valence-electron chi connectivity index (χ3n) is 3.02. The molecule has 0 saturated carbocycles. The number of rotatable bonds is 3. The molecule has 1 aromatic heterocycles. The summed E-state index contributed by atoms with van der Waals surface area (Å²) in [4.78, 5) is 19.0. The number of aryl methyl sites for hydroxylation is 1. The van der Waals surface area contributed by atoms with Crippen molar-refractivity contribution in [2.45, 2.75) is 33.1 Å². The highest BCUT2D eigenvalue weighted by Gasteiger charge is 2.22. The van der Waals surface area contributed by atoms with Crippen molar-refractivity contribution in [1.29, 1.82) is 0 Å². The maximum absolute atomic E-state index is 11.2. The molecule has 0 spiro atoms. The van der Waals surface area contributed by atoms with E-state index >= 15 is 0 Å². The number of aromatic nitrogens is 2. The normalized spacial score (nSPS) is 11.2.